The van der Waals surface area contributed by atoms with E-state index in [0.29, 0.717) is 24.5 Å². The highest BCUT2D eigenvalue weighted by Gasteiger charge is 2.46. The van der Waals surface area contributed by atoms with Gasteiger partial charge in [0.15, 0.2) is 11.6 Å². The molecule has 2 fully saturated rings. The lowest BCUT2D eigenvalue weighted by Gasteiger charge is -2.42. The molecule has 2 unspecified atom stereocenters. The Morgan fingerprint density at radius 3 is 2.31 bits per heavy atom. The van der Waals surface area contributed by atoms with Gasteiger partial charge in [-0.3, -0.25) is 4.79 Å². The molecule has 2 aromatic carbocycles. The minimum absolute atomic E-state index is 0.00254. The van der Waals surface area contributed by atoms with Crippen molar-refractivity contribution in [3.05, 3.63) is 71.0 Å². The summed E-state index contributed by atoms with van der Waals surface area (Å²) in [6.45, 7) is 1.88. The maximum Gasteiger partial charge on any atom is 0.408 e. The van der Waals surface area contributed by atoms with Gasteiger partial charge in [0.05, 0.1) is 6.61 Å². The Morgan fingerprint density at radius 2 is 1.69 bits per heavy atom. The third-order valence-corrected chi connectivity index (χ3v) is 7.09. The highest BCUT2D eigenvalue weighted by molar-refractivity contribution is 5.87. The molecular formula is C26H30F3N3O3. The van der Waals surface area contributed by atoms with Crippen molar-refractivity contribution < 1.29 is 27.5 Å². The predicted molar refractivity (Wildman–Crippen MR) is 124 cm³/mol. The summed E-state index contributed by atoms with van der Waals surface area (Å²) in [5.41, 5.74) is 7.11. The highest BCUT2D eigenvalue weighted by Crippen LogP contribution is 2.41. The summed E-state index contributed by atoms with van der Waals surface area (Å²) in [5, 5.41) is 2.70. The fraction of sp³-hybridized carbons (Fsp3) is 0.462. The molecule has 2 amide bonds. The van der Waals surface area contributed by atoms with Gasteiger partial charge in [-0.05, 0) is 62.1 Å². The molecule has 3 N–H and O–H groups in total. The molecule has 4 rings (SSSR count). The van der Waals surface area contributed by atoms with Crippen molar-refractivity contribution in [3.8, 4) is 0 Å². The number of carbonyl (C=O) groups excluding carboxylic acids is 2. The first-order valence-electron chi connectivity index (χ1n) is 12.0. The van der Waals surface area contributed by atoms with Crippen molar-refractivity contribution in [2.24, 2.45) is 11.7 Å². The van der Waals surface area contributed by atoms with E-state index in [1.165, 1.54) is 0 Å². The molecule has 5 atom stereocenters. The van der Waals surface area contributed by atoms with Gasteiger partial charge in [-0.15, -0.1) is 0 Å². The first-order valence-corrected chi connectivity index (χ1v) is 12.0. The minimum Gasteiger partial charge on any atom is -0.450 e. The maximum atomic E-state index is 14.1. The minimum atomic E-state index is -1.23. The molecule has 6 nitrogen and oxygen atoms in total. The molecule has 188 valence electrons. The maximum absolute atomic E-state index is 14.1. The van der Waals surface area contributed by atoms with Crippen molar-refractivity contribution in [3.63, 3.8) is 0 Å². The van der Waals surface area contributed by atoms with Gasteiger partial charge in [0.2, 0.25) is 5.91 Å². The van der Waals surface area contributed by atoms with Crippen LogP contribution in [0.1, 0.15) is 49.8 Å². The van der Waals surface area contributed by atoms with E-state index >= 15 is 0 Å². The predicted octanol–water partition coefficient (Wildman–Crippen LogP) is 4.23. The summed E-state index contributed by atoms with van der Waals surface area (Å²) >= 11 is 0. The van der Waals surface area contributed by atoms with Crippen LogP contribution in [0.25, 0.3) is 0 Å². The van der Waals surface area contributed by atoms with Crippen LogP contribution in [0.2, 0.25) is 0 Å². The highest BCUT2D eigenvalue weighted by atomic mass is 19.2. The fourth-order valence-corrected chi connectivity index (χ4v) is 5.44. The lowest BCUT2D eigenvalue weighted by atomic mass is 9.82. The third-order valence-electron chi connectivity index (χ3n) is 7.09. The number of hydrogen-bond acceptors (Lipinski definition) is 4. The SMILES string of the molecule is CCOC(=O)NC(C(=O)N1[C@@H]2CC[C@H]1CC([C@H](N)Cc1cc(F)c(F)cc1F)C2)c1ccccc1. The zero-order valence-electron chi connectivity index (χ0n) is 19.6. The summed E-state index contributed by atoms with van der Waals surface area (Å²) in [6.07, 6.45) is 2.27. The Hall–Kier alpha value is -3.07. The van der Waals surface area contributed by atoms with E-state index in [9.17, 15) is 22.8 Å². The van der Waals surface area contributed by atoms with Crippen LogP contribution >= 0.6 is 0 Å². The standard InChI is InChI=1S/C26H30F3N3O3/c1-2-35-26(34)31-24(15-6-4-3-5-7-15)25(33)32-18-8-9-19(32)11-17(10-18)23(30)13-16-12-21(28)22(29)14-20(16)27/h3-7,12,14,17-19,23-24H,2,8-11,13,30H2,1H3,(H,31,34)/t17?,18-,19+,23-,24?/m1/s1. The second kappa shape index (κ2) is 10.7. The molecule has 0 aliphatic carbocycles. The lowest BCUT2D eigenvalue weighted by molar-refractivity contribution is -0.139. The van der Waals surface area contributed by atoms with E-state index in [1.807, 2.05) is 11.0 Å². The zero-order chi connectivity index (χ0) is 25.1. The molecule has 2 aromatic rings. The molecule has 2 aliphatic heterocycles. The number of carbonyl (C=O) groups is 2. The van der Waals surface area contributed by atoms with Crippen LogP contribution < -0.4 is 11.1 Å². The molecule has 2 saturated heterocycles. The van der Waals surface area contributed by atoms with Crippen LogP contribution in [-0.2, 0) is 16.0 Å². The van der Waals surface area contributed by atoms with Crippen LogP contribution in [0.5, 0.6) is 0 Å². The largest absolute Gasteiger partial charge is 0.450 e. The van der Waals surface area contributed by atoms with Gasteiger partial charge in [0.25, 0.3) is 0 Å². The second-order valence-corrected chi connectivity index (χ2v) is 9.30. The molecule has 0 radical (unpaired) electrons. The van der Waals surface area contributed by atoms with Gasteiger partial charge < -0.3 is 20.7 Å². The Labute approximate surface area is 202 Å². The van der Waals surface area contributed by atoms with Crippen LogP contribution in [0, 0.1) is 23.4 Å². The lowest BCUT2D eigenvalue weighted by Crippen LogP contribution is -2.53. The number of nitrogens with two attached hydrogens (primary N) is 1. The number of benzene rings is 2. The Balaban J connectivity index is 1.48. The smallest absolute Gasteiger partial charge is 0.408 e. The molecular weight excluding hydrogens is 459 g/mol. The van der Waals surface area contributed by atoms with Crippen molar-refractivity contribution in [1.29, 1.82) is 0 Å². The van der Waals surface area contributed by atoms with E-state index in [1.54, 1.807) is 31.2 Å². The number of amides is 2. The molecule has 0 spiro atoms. The number of alkyl carbamates (subject to hydrolysis) is 1. The van der Waals surface area contributed by atoms with Crippen LogP contribution in [0.3, 0.4) is 0 Å². The van der Waals surface area contributed by atoms with Crippen molar-refractivity contribution in [2.45, 2.75) is 63.2 Å². The van der Waals surface area contributed by atoms with Crippen LogP contribution in [-0.4, -0.2) is 41.6 Å². The molecule has 35 heavy (non-hydrogen) atoms. The fourth-order valence-electron chi connectivity index (χ4n) is 5.44. The van der Waals surface area contributed by atoms with Gasteiger partial charge in [-0.2, -0.15) is 0 Å². The summed E-state index contributed by atoms with van der Waals surface area (Å²) in [6, 6.07) is 8.96. The zero-order valence-corrected chi connectivity index (χ0v) is 19.6. The quantitative estimate of drug-likeness (QED) is 0.570. The molecule has 2 heterocycles. The molecule has 0 aromatic heterocycles. The molecule has 0 saturated carbocycles. The number of rotatable bonds is 7. The topological polar surface area (TPSA) is 84.7 Å². The molecule has 9 heteroatoms. The number of piperidine rings is 1. The van der Waals surface area contributed by atoms with E-state index in [0.717, 1.165) is 18.9 Å². The van der Waals surface area contributed by atoms with Gasteiger partial charge in [0.1, 0.15) is 11.9 Å². The summed E-state index contributed by atoms with van der Waals surface area (Å²) < 4.78 is 46.0. The van der Waals surface area contributed by atoms with Gasteiger partial charge in [-0.25, -0.2) is 18.0 Å². The van der Waals surface area contributed by atoms with Crippen LogP contribution in [0.4, 0.5) is 18.0 Å². The first kappa shape index (κ1) is 25.0. The Morgan fingerprint density at radius 1 is 1.06 bits per heavy atom. The average Bonchev–Trinajstić information content (AvgIpc) is 3.10. The normalized spacial score (nSPS) is 23.0. The average molecular weight is 490 g/mol. The molecule has 2 bridgehead atoms. The summed E-state index contributed by atoms with van der Waals surface area (Å²) in [7, 11) is 0. The van der Waals surface area contributed by atoms with E-state index in [-0.39, 0.29) is 42.5 Å². The van der Waals surface area contributed by atoms with E-state index < -0.39 is 35.6 Å². The number of hydrogen-bond donors (Lipinski definition) is 2. The monoisotopic (exact) mass is 489 g/mol. The number of nitrogens with one attached hydrogen (secondary N) is 1. The number of halogens is 3. The first-order chi connectivity index (χ1) is 16.8. The van der Waals surface area contributed by atoms with E-state index in [2.05, 4.69) is 5.32 Å². The van der Waals surface area contributed by atoms with Crippen molar-refractivity contribution in [1.82, 2.24) is 10.2 Å². The van der Waals surface area contributed by atoms with Gasteiger partial charge in [-0.1, -0.05) is 30.3 Å². The molecule has 2 aliphatic rings. The second-order valence-electron chi connectivity index (χ2n) is 9.30. The Kier molecular flexibility index (Phi) is 7.64. The van der Waals surface area contributed by atoms with Crippen molar-refractivity contribution >= 4 is 12.0 Å². The van der Waals surface area contributed by atoms with Crippen molar-refractivity contribution in [2.75, 3.05) is 6.61 Å². The number of ether oxygens (including phenoxy) is 1. The summed E-state index contributed by atoms with van der Waals surface area (Å²) in [4.78, 5) is 27.7. The number of nitrogens with zero attached hydrogens (tertiary/aromatic N) is 1. The number of fused-ring (bicyclic) bond motifs is 2. The Bertz CT molecular complexity index is 1050. The van der Waals surface area contributed by atoms with Gasteiger partial charge >= 0.3 is 6.09 Å². The summed E-state index contributed by atoms with van der Waals surface area (Å²) in [5.74, 6) is -3.34. The van der Waals surface area contributed by atoms with Gasteiger partial charge in [0, 0.05) is 24.2 Å². The third kappa shape index (κ3) is 5.45. The van der Waals surface area contributed by atoms with E-state index in [4.69, 9.17) is 10.5 Å². The van der Waals surface area contributed by atoms with Crippen LogP contribution in [0.15, 0.2) is 42.5 Å².